The molecule has 0 amide bonds. The third kappa shape index (κ3) is 6.18. The number of nitrogens with one attached hydrogen (secondary N) is 2. The summed E-state index contributed by atoms with van der Waals surface area (Å²) in [6.45, 7) is 4.18. The second kappa shape index (κ2) is 10.7. The Labute approximate surface area is 155 Å². The second-order valence-corrected chi connectivity index (χ2v) is 5.65. The van der Waals surface area contributed by atoms with E-state index >= 15 is 0 Å². The topological polar surface area (TPSA) is 65.9 Å². The van der Waals surface area contributed by atoms with Crippen molar-refractivity contribution in [2.24, 2.45) is 10.9 Å². The number of para-hydroxylation sites is 1. The lowest BCUT2D eigenvalue weighted by Crippen LogP contribution is -2.41. The van der Waals surface area contributed by atoms with E-state index in [1.165, 1.54) is 0 Å². The van der Waals surface area contributed by atoms with Gasteiger partial charge in [0.15, 0.2) is 5.96 Å². The molecule has 0 aliphatic heterocycles. The molecule has 2 atom stereocenters. The maximum Gasteiger partial charge on any atom is 0.191 e. The zero-order valence-corrected chi connectivity index (χ0v) is 16.2. The van der Waals surface area contributed by atoms with Crippen molar-refractivity contribution in [3.63, 3.8) is 0 Å². The molecule has 5 nitrogen and oxygen atoms in total. The Hall–Kier alpha value is -1.02. The lowest BCUT2D eigenvalue weighted by Gasteiger charge is -2.17. The van der Waals surface area contributed by atoms with Crippen LogP contribution in [0.25, 0.3) is 0 Å². The second-order valence-electron chi connectivity index (χ2n) is 5.65. The Bertz CT molecular complexity index is 496. The van der Waals surface area contributed by atoms with Crippen LogP contribution in [0.15, 0.2) is 29.3 Å². The summed E-state index contributed by atoms with van der Waals surface area (Å²) in [6, 6.07) is 7.91. The van der Waals surface area contributed by atoms with Crippen LogP contribution in [0.4, 0.5) is 0 Å². The minimum atomic E-state index is -0.176. The van der Waals surface area contributed by atoms with Gasteiger partial charge in [0.25, 0.3) is 0 Å². The van der Waals surface area contributed by atoms with Gasteiger partial charge in [-0.1, -0.05) is 24.6 Å². The highest BCUT2D eigenvalue weighted by molar-refractivity contribution is 14.0. The minimum Gasteiger partial charge on any atom is -0.496 e. The summed E-state index contributed by atoms with van der Waals surface area (Å²) in [5.41, 5.74) is 1.06. The Morgan fingerprint density at radius 1 is 1.30 bits per heavy atom. The largest absolute Gasteiger partial charge is 0.496 e. The number of halogens is 1. The zero-order chi connectivity index (χ0) is 15.8. The fraction of sp³-hybridized carbons (Fsp3) is 0.588. The molecule has 130 valence electrons. The van der Waals surface area contributed by atoms with Crippen LogP contribution < -0.4 is 15.4 Å². The van der Waals surface area contributed by atoms with Crippen molar-refractivity contribution in [2.75, 3.05) is 20.2 Å². The van der Waals surface area contributed by atoms with E-state index in [4.69, 9.17) is 4.74 Å². The van der Waals surface area contributed by atoms with Crippen LogP contribution in [0.3, 0.4) is 0 Å². The molecule has 1 fully saturated rings. The Balaban J connectivity index is 0.00000264. The lowest BCUT2D eigenvalue weighted by atomic mass is 10.1. The van der Waals surface area contributed by atoms with Crippen molar-refractivity contribution in [3.05, 3.63) is 29.8 Å². The smallest absolute Gasteiger partial charge is 0.191 e. The van der Waals surface area contributed by atoms with E-state index in [-0.39, 0.29) is 30.1 Å². The van der Waals surface area contributed by atoms with Gasteiger partial charge in [0.2, 0.25) is 0 Å². The van der Waals surface area contributed by atoms with Crippen molar-refractivity contribution in [1.82, 2.24) is 10.6 Å². The van der Waals surface area contributed by atoms with Gasteiger partial charge in [-0.25, -0.2) is 4.99 Å². The minimum absolute atomic E-state index is 0. The number of hydrogen-bond acceptors (Lipinski definition) is 3. The molecule has 2 rings (SSSR count). The van der Waals surface area contributed by atoms with E-state index < -0.39 is 0 Å². The summed E-state index contributed by atoms with van der Waals surface area (Å²) >= 11 is 0. The van der Waals surface area contributed by atoms with Gasteiger partial charge >= 0.3 is 0 Å². The summed E-state index contributed by atoms with van der Waals surface area (Å²) in [5.74, 6) is 1.97. The fourth-order valence-corrected chi connectivity index (χ4v) is 2.82. The number of ether oxygens (including phenoxy) is 1. The molecule has 23 heavy (non-hydrogen) atoms. The van der Waals surface area contributed by atoms with Gasteiger partial charge in [-0.3, -0.25) is 0 Å². The summed E-state index contributed by atoms with van der Waals surface area (Å²) < 4.78 is 5.35. The highest BCUT2D eigenvalue weighted by Crippen LogP contribution is 2.24. The van der Waals surface area contributed by atoms with Crippen molar-refractivity contribution in [2.45, 2.75) is 38.8 Å². The van der Waals surface area contributed by atoms with Gasteiger partial charge in [0.1, 0.15) is 5.75 Å². The average molecular weight is 433 g/mol. The summed E-state index contributed by atoms with van der Waals surface area (Å²) in [5, 5.41) is 16.5. The predicted octanol–water partition coefficient (Wildman–Crippen LogP) is 2.53. The fourth-order valence-electron chi connectivity index (χ4n) is 2.82. The quantitative estimate of drug-likeness (QED) is 0.367. The van der Waals surface area contributed by atoms with Crippen LogP contribution in [0, 0.1) is 5.92 Å². The van der Waals surface area contributed by atoms with Crippen molar-refractivity contribution in [1.29, 1.82) is 0 Å². The Morgan fingerprint density at radius 3 is 2.74 bits per heavy atom. The molecule has 0 spiro atoms. The number of methoxy groups -OCH3 is 1. The van der Waals surface area contributed by atoms with Gasteiger partial charge in [-0.05, 0) is 25.8 Å². The van der Waals surface area contributed by atoms with Crippen LogP contribution in [0.2, 0.25) is 0 Å². The molecule has 0 radical (unpaired) electrons. The molecular weight excluding hydrogens is 405 g/mol. The molecule has 6 heteroatoms. The first-order valence-corrected chi connectivity index (χ1v) is 8.06. The van der Waals surface area contributed by atoms with Crippen molar-refractivity contribution >= 4 is 29.9 Å². The number of aliphatic imine (C=N–C) groups is 1. The van der Waals surface area contributed by atoms with Gasteiger partial charge in [0.05, 0.1) is 19.8 Å². The third-order valence-electron chi connectivity index (χ3n) is 4.09. The highest BCUT2D eigenvalue weighted by atomic mass is 127. The van der Waals surface area contributed by atoms with Gasteiger partial charge < -0.3 is 20.5 Å². The van der Waals surface area contributed by atoms with Crippen molar-refractivity contribution in [3.8, 4) is 5.75 Å². The first-order valence-electron chi connectivity index (χ1n) is 8.06. The van der Waals surface area contributed by atoms with Gasteiger partial charge in [-0.15, -0.1) is 24.0 Å². The molecule has 0 saturated heterocycles. The number of aliphatic hydroxyl groups is 1. The number of hydrogen-bond donors (Lipinski definition) is 3. The van der Waals surface area contributed by atoms with E-state index in [1.807, 2.05) is 31.2 Å². The predicted molar refractivity (Wildman–Crippen MR) is 105 cm³/mol. The molecular formula is C17H28IN3O2. The number of nitrogens with zero attached hydrogens (tertiary/aromatic N) is 1. The van der Waals surface area contributed by atoms with E-state index in [0.717, 1.165) is 49.6 Å². The SMILES string of the molecule is CCNC(=NCc1ccccc1OC)NCC1CCCC1O.I. The number of benzene rings is 1. The number of guanidine groups is 1. The van der Waals surface area contributed by atoms with E-state index in [1.54, 1.807) is 7.11 Å². The molecule has 1 aliphatic rings. The van der Waals surface area contributed by atoms with Crippen LogP contribution in [-0.4, -0.2) is 37.4 Å². The molecule has 0 aromatic heterocycles. The van der Waals surface area contributed by atoms with Crippen LogP contribution in [0.1, 0.15) is 31.7 Å². The lowest BCUT2D eigenvalue weighted by molar-refractivity contribution is 0.134. The Kier molecular flexibility index (Phi) is 9.31. The molecule has 0 bridgehead atoms. The molecule has 1 saturated carbocycles. The van der Waals surface area contributed by atoms with Gasteiger partial charge in [-0.2, -0.15) is 0 Å². The normalized spacial score (nSPS) is 20.7. The summed E-state index contributed by atoms with van der Waals surface area (Å²) in [6.07, 6.45) is 2.94. The monoisotopic (exact) mass is 433 g/mol. The summed E-state index contributed by atoms with van der Waals surface area (Å²) in [7, 11) is 1.67. The highest BCUT2D eigenvalue weighted by Gasteiger charge is 2.24. The average Bonchev–Trinajstić information content (AvgIpc) is 2.95. The summed E-state index contributed by atoms with van der Waals surface area (Å²) in [4.78, 5) is 4.61. The zero-order valence-electron chi connectivity index (χ0n) is 13.9. The molecule has 0 heterocycles. The molecule has 1 aromatic rings. The maximum atomic E-state index is 9.89. The van der Waals surface area contributed by atoms with E-state index in [0.29, 0.717) is 12.5 Å². The number of aliphatic hydroxyl groups excluding tert-OH is 1. The van der Waals surface area contributed by atoms with Gasteiger partial charge in [0, 0.05) is 24.6 Å². The maximum absolute atomic E-state index is 9.89. The Morgan fingerprint density at radius 2 is 2.09 bits per heavy atom. The first kappa shape index (κ1) is 20.0. The van der Waals surface area contributed by atoms with Crippen LogP contribution >= 0.6 is 24.0 Å². The van der Waals surface area contributed by atoms with Crippen LogP contribution in [0.5, 0.6) is 5.75 Å². The van der Waals surface area contributed by atoms with Crippen LogP contribution in [-0.2, 0) is 6.54 Å². The molecule has 3 N–H and O–H groups in total. The van der Waals surface area contributed by atoms with E-state index in [9.17, 15) is 5.11 Å². The molecule has 2 unspecified atom stereocenters. The molecule has 1 aromatic carbocycles. The standard InChI is InChI=1S/C17H27N3O2.HI/c1-3-18-17(19-11-13-8-6-9-15(13)21)20-12-14-7-4-5-10-16(14)22-2;/h4-5,7,10,13,15,21H,3,6,8-9,11-12H2,1-2H3,(H2,18,19,20);1H. The number of rotatable bonds is 6. The van der Waals surface area contributed by atoms with Crippen molar-refractivity contribution < 1.29 is 9.84 Å². The molecule has 1 aliphatic carbocycles. The third-order valence-corrected chi connectivity index (χ3v) is 4.09. The first-order chi connectivity index (χ1) is 10.7. The van der Waals surface area contributed by atoms with E-state index in [2.05, 4.69) is 15.6 Å².